The molecule has 0 saturated carbocycles. The van der Waals surface area contributed by atoms with Crippen LogP contribution in [0.5, 0.6) is 11.5 Å². The monoisotopic (exact) mass is 374 g/mol. The van der Waals surface area contributed by atoms with Crippen LogP contribution in [0.25, 0.3) is 11.3 Å². The maximum atomic E-state index is 13.8. The van der Waals surface area contributed by atoms with E-state index in [1.54, 1.807) is 18.2 Å². The van der Waals surface area contributed by atoms with Crippen LogP contribution >= 0.6 is 0 Å². The topological polar surface area (TPSA) is 73.6 Å². The molecule has 1 amide bonds. The number of nitrogens with one attached hydrogen (secondary N) is 1. The molecular weight excluding hydrogens is 358 g/mol. The Morgan fingerprint density at radius 2 is 1.85 bits per heavy atom. The lowest BCUT2D eigenvalue weighted by molar-refractivity contribution is 0.0949. The number of hydrogen-bond acceptors (Lipinski definition) is 5. The predicted molar refractivity (Wildman–Crippen MR) is 92.6 cm³/mol. The van der Waals surface area contributed by atoms with Crippen molar-refractivity contribution in [2.75, 3.05) is 14.2 Å². The fraction of sp³-hybridized carbons (Fsp3) is 0.158. The molecule has 3 aromatic rings. The lowest BCUT2D eigenvalue weighted by Crippen LogP contribution is -2.22. The first-order chi connectivity index (χ1) is 13.0. The van der Waals surface area contributed by atoms with E-state index >= 15 is 0 Å². The summed E-state index contributed by atoms with van der Waals surface area (Å²) < 4.78 is 42.2. The van der Waals surface area contributed by atoms with Crippen molar-refractivity contribution in [3.63, 3.8) is 0 Å². The third-order valence-electron chi connectivity index (χ3n) is 3.83. The summed E-state index contributed by atoms with van der Waals surface area (Å²) in [5, 5.41) is 6.47. The second-order valence-electron chi connectivity index (χ2n) is 5.56. The number of rotatable bonds is 6. The lowest BCUT2D eigenvalue weighted by atomic mass is 10.1. The maximum Gasteiger partial charge on any atom is 0.251 e. The molecule has 140 valence electrons. The number of carbonyl (C=O) groups excluding carboxylic acids is 1. The molecule has 0 spiro atoms. The van der Waals surface area contributed by atoms with Crippen molar-refractivity contribution in [2.45, 2.75) is 6.54 Å². The molecule has 8 heteroatoms. The van der Waals surface area contributed by atoms with Crippen LogP contribution in [-0.4, -0.2) is 25.3 Å². The summed E-state index contributed by atoms with van der Waals surface area (Å²) in [7, 11) is 2.98. The van der Waals surface area contributed by atoms with E-state index in [2.05, 4.69) is 10.5 Å². The van der Waals surface area contributed by atoms with Crippen molar-refractivity contribution in [3.05, 3.63) is 65.4 Å². The summed E-state index contributed by atoms with van der Waals surface area (Å²) in [5.41, 5.74) is 0.852. The molecule has 0 atom stereocenters. The van der Waals surface area contributed by atoms with E-state index in [0.717, 1.165) is 12.1 Å². The minimum Gasteiger partial charge on any atom is -0.493 e. The van der Waals surface area contributed by atoms with Crippen LogP contribution in [0.1, 0.15) is 16.1 Å². The summed E-state index contributed by atoms with van der Waals surface area (Å²) in [6, 6.07) is 9.40. The lowest BCUT2D eigenvalue weighted by Gasteiger charge is -2.09. The van der Waals surface area contributed by atoms with Crippen molar-refractivity contribution in [1.82, 2.24) is 10.5 Å². The molecule has 1 heterocycles. The van der Waals surface area contributed by atoms with E-state index < -0.39 is 11.6 Å². The van der Waals surface area contributed by atoms with Crippen LogP contribution in [0.3, 0.4) is 0 Å². The predicted octanol–water partition coefficient (Wildman–Crippen LogP) is 3.57. The summed E-state index contributed by atoms with van der Waals surface area (Å²) in [5.74, 6) is -0.709. The maximum absolute atomic E-state index is 13.8. The average Bonchev–Trinajstić information content (AvgIpc) is 3.14. The number of carbonyl (C=O) groups is 1. The van der Waals surface area contributed by atoms with E-state index in [0.29, 0.717) is 22.8 Å². The fourth-order valence-electron chi connectivity index (χ4n) is 2.46. The molecule has 2 aromatic carbocycles. The second kappa shape index (κ2) is 7.86. The zero-order valence-corrected chi connectivity index (χ0v) is 14.6. The van der Waals surface area contributed by atoms with E-state index in [4.69, 9.17) is 14.0 Å². The number of methoxy groups -OCH3 is 2. The molecule has 6 nitrogen and oxygen atoms in total. The van der Waals surface area contributed by atoms with E-state index in [-0.39, 0.29) is 23.8 Å². The first kappa shape index (κ1) is 18.4. The first-order valence-corrected chi connectivity index (χ1v) is 7.93. The summed E-state index contributed by atoms with van der Waals surface area (Å²) in [4.78, 5) is 12.3. The Morgan fingerprint density at radius 1 is 1.07 bits per heavy atom. The molecule has 0 aliphatic carbocycles. The van der Waals surface area contributed by atoms with Crippen LogP contribution in [0.2, 0.25) is 0 Å². The third kappa shape index (κ3) is 4.05. The molecule has 3 rings (SSSR count). The van der Waals surface area contributed by atoms with Gasteiger partial charge in [-0.15, -0.1) is 0 Å². The van der Waals surface area contributed by atoms with Gasteiger partial charge in [0.1, 0.15) is 17.3 Å². The van der Waals surface area contributed by atoms with Crippen molar-refractivity contribution in [3.8, 4) is 22.8 Å². The Bertz CT molecular complexity index is 972. The van der Waals surface area contributed by atoms with Crippen molar-refractivity contribution < 1.29 is 27.6 Å². The van der Waals surface area contributed by atoms with E-state index in [1.807, 2.05) is 0 Å². The summed E-state index contributed by atoms with van der Waals surface area (Å²) >= 11 is 0. The highest BCUT2D eigenvalue weighted by molar-refractivity contribution is 5.94. The molecule has 1 N–H and O–H groups in total. The third-order valence-corrected chi connectivity index (χ3v) is 3.83. The standard InChI is InChI=1S/C19H16F2N2O4/c1-25-16-6-3-11(7-18(16)26-2)19(24)22-10-13-9-17(27-23-13)14-5-4-12(20)8-15(14)21/h3-9H,10H2,1-2H3,(H,22,24). The van der Waals surface area contributed by atoms with Gasteiger partial charge >= 0.3 is 0 Å². The molecule has 0 bridgehead atoms. The quantitative estimate of drug-likeness (QED) is 0.714. The van der Waals surface area contributed by atoms with Gasteiger partial charge in [0.2, 0.25) is 0 Å². The minimum absolute atomic E-state index is 0.0689. The first-order valence-electron chi connectivity index (χ1n) is 7.93. The zero-order valence-electron chi connectivity index (χ0n) is 14.6. The molecule has 0 unspecified atom stereocenters. The summed E-state index contributed by atoms with van der Waals surface area (Å²) in [6.45, 7) is 0.0689. The Hall–Kier alpha value is -3.42. The molecule has 27 heavy (non-hydrogen) atoms. The number of amides is 1. The number of aromatic nitrogens is 1. The molecule has 0 saturated heterocycles. The van der Waals surface area contributed by atoms with Crippen molar-refractivity contribution in [1.29, 1.82) is 0 Å². The van der Waals surface area contributed by atoms with Gasteiger partial charge in [-0.2, -0.15) is 0 Å². The Balaban J connectivity index is 1.69. The van der Waals surface area contributed by atoms with Gasteiger partial charge in [0.25, 0.3) is 5.91 Å². The SMILES string of the molecule is COc1ccc(C(=O)NCc2cc(-c3ccc(F)cc3F)on2)cc1OC. The van der Waals surface area contributed by atoms with E-state index in [1.165, 1.54) is 26.4 Å². The fourth-order valence-corrected chi connectivity index (χ4v) is 2.46. The highest BCUT2D eigenvalue weighted by Crippen LogP contribution is 2.27. The van der Waals surface area contributed by atoms with Gasteiger partial charge in [0, 0.05) is 17.7 Å². The van der Waals surface area contributed by atoms with Gasteiger partial charge in [-0.1, -0.05) is 5.16 Å². The second-order valence-corrected chi connectivity index (χ2v) is 5.56. The Morgan fingerprint density at radius 3 is 2.56 bits per heavy atom. The zero-order chi connectivity index (χ0) is 19.4. The summed E-state index contributed by atoms with van der Waals surface area (Å²) in [6.07, 6.45) is 0. The number of hydrogen-bond donors (Lipinski definition) is 1. The van der Waals surface area contributed by atoms with E-state index in [9.17, 15) is 13.6 Å². The van der Waals surface area contributed by atoms with Crippen LogP contribution in [-0.2, 0) is 6.54 Å². The number of benzene rings is 2. The molecule has 0 aliphatic heterocycles. The number of ether oxygens (including phenoxy) is 2. The van der Waals surface area contributed by atoms with Crippen molar-refractivity contribution >= 4 is 5.91 Å². The molecule has 0 aliphatic rings. The van der Waals surface area contributed by atoms with Crippen molar-refractivity contribution in [2.24, 2.45) is 0 Å². The van der Waals surface area contributed by atoms with Crippen LogP contribution in [0.4, 0.5) is 8.78 Å². The van der Waals surface area contributed by atoms with Crippen LogP contribution < -0.4 is 14.8 Å². The minimum atomic E-state index is -0.757. The Labute approximate surface area is 153 Å². The highest BCUT2D eigenvalue weighted by Gasteiger charge is 2.14. The Kier molecular flexibility index (Phi) is 5.35. The molecular formula is C19H16F2N2O4. The van der Waals surface area contributed by atoms with Crippen LogP contribution in [0, 0.1) is 11.6 Å². The van der Waals surface area contributed by atoms with Crippen LogP contribution in [0.15, 0.2) is 47.0 Å². The van der Waals surface area contributed by atoms with Gasteiger partial charge in [-0.05, 0) is 30.3 Å². The normalized spacial score (nSPS) is 10.5. The number of halogens is 2. The largest absolute Gasteiger partial charge is 0.493 e. The molecule has 0 fully saturated rings. The van der Waals surface area contributed by atoms with Gasteiger partial charge in [-0.25, -0.2) is 8.78 Å². The smallest absolute Gasteiger partial charge is 0.251 e. The average molecular weight is 374 g/mol. The van der Waals surface area contributed by atoms with Gasteiger partial charge in [0.15, 0.2) is 17.3 Å². The molecule has 0 radical (unpaired) electrons. The van der Waals surface area contributed by atoms with Gasteiger partial charge in [-0.3, -0.25) is 4.79 Å². The van der Waals surface area contributed by atoms with Gasteiger partial charge in [0.05, 0.1) is 26.3 Å². The highest BCUT2D eigenvalue weighted by atomic mass is 19.1. The number of nitrogens with zero attached hydrogens (tertiary/aromatic N) is 1. The molecule has 1 aromatic heterocycles. The van der Waals surface area contributed by atoms with Gasteiger partial charge < -0.3 is 19.3 Å².